The van der Waals surface area contributed by atoms with Gasteiger partial charge in [-0.15, -0.1) is 0 Å². The van der Waals surface area contributed by atoms with Crippen LogP contribution in [0.2, 0.25) is 20.1 Å². The van der Waals surface area contributed by atoms with E-state index in [4.69, 9.17) is 60.5 Å². The molecule has 18 rings (SSSR count). The Bertz CT molecular complexity index is 6560. The molecule has 2 saturated carbocycles. The number of nitrogens with one attached hydrogen (secondary N) is 5. The number of nitrogens with zero attached hydrogens (tertiary/aromatic N) is 8. The molecule has 5 N–H and O–H groups in total. The molecule has 8 fully saturated rings. The zero-order valence-electron chi connectivity index (χ0n) is 78.2. The van der Waals surface area contributed by atoms with Crippen molar-refractivity contribution in [1.82, 2.24) is 59.2 Å². The summed E-state index contributed by atoms with van der Waals surface area (Å²) in [5.74, 6) is 1.35. The largest absolute Gasteiger partial charge is 0.446 e. The lowest BCUT2D eigenvalue weighted by molar-refractivity contribution is -0.158. The predicted octanol–water partition coefficient (Wildman–Crippen LogP) is 15.9. The number of fused-ring (bicyclic) bond motifs is 5. The number of hydrogen-bond acceptors (Lipinski definition) is 17. The molecule has 0 bridgehead atoms. The van der Waals surface area contributed by atoms with E-state index in [2.05, 4.69) is 43.3 Å². The molecule has 0 radical (unpaired) electrons. The minimum absolute atomic E-state index is 0.0469. The highest BCUT2D eigenvalue weighted by atomic mass is 35.5. The number of aryl methyl sites for hydroxylation is 3. The molecular formula is C104H118Cl4FN13O14S. The maximum absolute atomic E-state index is 17.5. The quantitative estimate of drug-likeness (QED) is 0.0202. The van der Waals surface area contributed by atoms with Gasteiger partial charge in [-0.05, 0) is 260 Å². The van der Waals surface area contributed by atoms with Crippen LogP contribution in [0.1, 0.15) is 267 Å². The number of aromatic nitrogens is 5. The standard InChI is InChI=1S/C104H118Cl4FN13O14S/c1-59(2)86(58-137(133,134)60(3)4)122-93(66-21-24-68(105)25-22-66)74(54-102(5,99(122)130)55-89(125)110-70-27-17-64(18-28-70)56-118-45-39-61(40-46-118)15-16-63-20-32-81-85(51-63)117(7)101(132)121(81)83-34-36-88(124)114-95(83)127)67-23-29-72(77(108)52-67)65-37-43-103(44-38-65)104(75-30-26-69(106)53-78(75)112-98(104)129)90(73-13-11-14-76(107)91(73)109)92(115-103)96-111-79(57-136-96)97(128)119-47-41-71(42-48-119)135-49-10-8-9-12-62-19-31-80-84(50-62)116(6)100(131)120(80)82-33-35-87(123)113-94(82)126/h11,13-14,19-26,29-32,50-53,57,59-61,64-65,70-71,74,82-83,86,90,92-93,115H,8-10,12,17-18,27-28,33-49,54-56,58H2,1-7H3,(H,110,125)(H,112,129)(H,113,123,126)(H,114,124,127)/t64?,65?,70?,74-,82?,83?,86-,90+,92-,93-,102-,103?,104-/m1/s1. The average Bonchev–Trinajstić information content (AvgIpc) is 1.50. The van der Waals surface area contributed by atoms with Crippen LogP contribution in [-0.2, 0) is 74.1 Å². The van der Waals surface area contributed by atoms with E-state index in [1.165, 1.54) is 26.0 Å². The number of imide groups is 2. The van der Waals surface area contributed by atoms with Gasteiger partial charge in [0.15, 0.2) is 15.5 Å². The number of ether oxygens (including phenoxy) is 1. The molecule has 33 heteroatoms. The second-order valence-electron chi connectivity index (χ2n) is 40.5. The van der Waals surface area contributed by atoms with Gasteiger partial charge in [0.2, 0.25) is 47.2 Å². The molecule has 3 aromatic heterocycles. The third-order valence-electron chi connectivity index (χ3n) is 31.4. The number of carbonyl (C=O) groups excluding carboxylic acids is 8. The molecule has 2 aliphatic carbocycles. The molecule has 27 nitrogen and oxygen atoms in total. The molecule has 9 aliphatic rings. The Morgan fingerprint density at radius 3 is 1.97 bits per heavy atom. The van der Waals surface area contributed by atoms with E-state index in [-0.39, 0.29) is 137 Å². The van der Waals surface area contributed by atoms with Crippen molar-refractivity contribution in [2.24, 2.45) is 37.3 Å². The van der Waals surface area contributed by atoms with E-state index in [1.54, 1.807) is 78.7 Å². The molecule has 8 amide bonds. The normalized spacial score (nSPS) is 26.1. The molecule has 9 aromatic rings. The van der Waals surface area contributed by atoms with Gasteiger partial charge in [0.05, 0.1) is 61.7 Å². The minimum Gasteiger partial charge on any atom is -0.446 e. The Morgan fingerprint density at radius 2 is 1.32 bits per heavy atom. The smallest absolute Gasteiger partial charge is 0.329 e. The van der Waals surface area contributed by atoms with Gasteiger partial charge in [-0.2, -0.15) is 0 Å². The monoisotopic (exact) mass is 1960 g/mol. The molecule has 724 valence electrons. The molecule has 7 aliphatic heterocycles. The van der Waals surface area contributed by atoms with E-state index in [0.29, 0.717) is 107 Å². The molecule has 2 unspecified atom stereocenters. The highest BCUT2D eigenvalue weighted by Gasteiger charge is 2.73. The molecule has 6 saturated heterocycles. The molecular weight excluding hydrogens is 1850 g/mol. The number of carbonyl (C=O) groups is 8. The summed E-state index contributed by atoms with van der Waals surface area (Å²) >= 11 is 28.0. The number of benzene rings is 6. The van der Waals surface area contributed by atoms with Gasteiger partial charge in [0, 0.05) is 121 Å². The molecule has 6 aromatic carbocycles. The number of piperidine rings is 5. The van der Waals surface area contributed by atoms with Crippen molar-refractivity contribution in [3.63, 3.8) is 0 Å². The van der Waals surface area contributed by atoms with E-state index in [9.17, 15) is 42.0 Å². The summed E-state index contributed by atoms with van der Waals surface area (Å²) in [5.41, 5.74) is 3.34. The van der Waals surface area contributed by atoms with Gasteiger partial charge in [0.25, 0.3) is 5.91 Å². The van der Waals surface area contributed by atoms with Gasteiger partial charge in [0.1, 0.15) is 29.6 Å². The second-order valence-corrected chi connectivity index (χ2v) is 44.8. The maximum Gasteiger partial charge on any atom is 0.329 e. The van der Waals surface area contributed by atoms with E-state index in [1.807, 2.05) is 93.6 Å². The number of rotatable bonds is 25. The van der Waals surface area contributed by atoms with Crippen molar-refractivity contribution in [2.45, 2.75) is 252 Å². The van der Waals surface area contributed by atoms with Crippen LogP contribution in [0.3, 0.4) is 0 Å². The Kier molecular flexibility index (Phi) is 27.9. The van der Waals surface area contributed by atoms with Crippen LogP contribution in [0.5, 0.6) is 0 Å². The summed E-state index contributed by atoms with van der Waals surface area (Å²) in [6, 6.07) is 30.5. The minimum atomic E-state index is -3.79. The van der Waals surface area contributed by atoms with Gasteiger partial charge in [-0.1, -0.05) is 134 Å². The summed E-state index contributed by atoms with van der Waals surface area (Å²) in [6.07, 6.45) is 13.5. The number of likely N-dealkylation sites (tertiary alicyclic amines) is 3. The SMILES string of the molecule is CC(C)[C@@H](CS(=O)(=O)C(C)C)N1C(=O)[C@@](C)(CC(=O)NC2CCC(CN3CCC(C#Cc4ccc5c(c4)n(C)c(=O)n5C4CCC(=O)NC4=O)CC3)CC2)C[C@H](c2ccc(C3CCC4(CC3)N[C@@H](c3nc(C(=O)N5CCC(OCCCCCc6ccc7c(c6)n(C)c(=O)n7C6CCC(=O)NC6=O)CC5)co3)[C@H](c3cccc(Cl)c3F)[C@]43C(=O)Nc4cc(Cl)ccc43)c(Cl)c2)[C@H]1c1ccc(Cl)cc1. The van der Waals surface area contributed by atoms with E-state index < -0.39 is 97.0 Å². The van der Waals surface area contributed by atoms with Gasteiger partial charge in [-0.3, -0.25) is 72.6 Å². The Hall–Kier alpha value is -10.3. The average molecular weight is 1970 g/mol. The van der Waals surface area contributed by atoms with E-state index in [0.717, 1.165) is 117 Å². The topological polar surface area (TPSA) is 330 Å². The van der Waals surface area contributed by atoms with Crippen LogP contribution < -0.4 is 38.0 Å². The number of imidazole rings is 2. The number of amides is 8. The number of anilines is 1. The summed E-state index contributed by atoms with van der Waals surface area (Å²) in [5, 5.41) is 15.6. The fourth-order valence-corrected chi connectivity index (χ4v) is 26.2. The van der Waals surface area contributed by atoms with Crippen LogP contribution >= 0.6 is 46.4 Å². The first kappa shape index (κ1) is 97.0. The Balaban J connectivity index is 0.547. The lowest BCUT2D eigenvalue weighted by atomic mass is 9.54. The lowest BCUT2D eigenvalue weighted by Gasteiger charge is -2.53. The molecule has 137 heavy (non-hydrogen) atoms. The zero-order chi connectivity index (χ0) is 96.6. The van der Waals surface area contributed by atoms with Crippen molar-refractivity contribution in [2.75, 3.05) is 50.4 Å². The summed E-state index contributed by atoms with van der Waals surface area (Å²) in [7, 11) is -0.427. The number of hydrogen-bond donors (Lipinski definition) is 5. The van der Waals surface area contributed by atoms with Crippen LogP contribution in [0.4, 0.5) is 10.1 Å². The van der Waals surface area contributed by atoms with Crippen LogP contribution in [-0.4, -0.2) is 168 Å². The third-order valence-corrected chi connectivity index (χ3v) is 34.7. The first-order valence-corrected chi connectivity index (χ1v) is 51.7. The maximum atomic E-state index is 17.5. The van der Waals surface area contributed by atoms with Crippen LogP contribution in [0.15, 0.2) is 136 Å². The van der Waals surface area contributed by atoms with E-state index >= 15 is 18.8 Å². The highest BCUT2D eigenvalue weighted by molar-refractivity contribution is 7.92. The van der Waals surface area contributed by atoms with Crippen molar-refractivity contribution >= 4 is 131 Å². The van der Waals surface area contributed by atoms with Crippen LogP contribution in [0.25, 0.3) is 22.1 Å². The van der Waals surface area contributed by atoms with Crippen molar-refractivity contribution < 1.29 is 60.3 Å². The summed E-state index contributed by atoms with van der Waals surface area (Å²) in [6.45, 7) is 13.1. The van der Waals surface area contributed by atoms with Crippen molar-refractivity contribution in [3.05, 3.63) is 219 Å². The van der Waals surface area contributed by atoms with Gasteiger partial charge in [-0.25, -0.2) is 27.4 Å². The van der Waals surface area contributed by atoms with Gasteiger partial charge < -0.3 is 34.5 Å². The second kappa shape index (κ2) is 39.4. The zero-order valence-corrected chi connectivity index (χ0v) is 82.1. The fraction of sp³-hybridized carbons (Fsp3) is 0.510. The predicted molar refractivity (Wildman–Crippen MR) is 522 cm³/mol. The summed E-state index contributed by atoms with van der Waals surface area (Å²) < 4.78 is 65.2. The fourth-order valence-electron chi connectivity index (χ4n) is 23.9. The highest BCUT2D eigenvalue weighted by Crippen LogP contribution is 2.67. The molecule has 10 heterocycles. The number of halogens is 5. The number of sulfone groups is 1. The molecule has 2 spiro atoms. The lowest BCUT2D eigenvalue weighted by Crippen LogP contribution is -2.60. The summed E-state index contributed by atoms with van der Waals surface area (Å²) in [4.78, 5) is 149. The van der Waals surface area contributed by atoms with Crippen LogP contribution in [0, 0.1) is 40.8 Å². The van der Waals surface area contributed by atoms with Crippen molar-refractivity contribution in [1.29, 1.82) is 0 Å². The van der Waals surface area contributed by atoms with Gasteiger partial charge >= 0.3 is 11.4 Å². The Labute approximate surface area is 816 Å². The Morgan fingerprint density at radius 1 is 0.672 bits per heavy atom. The first-order valence-electron chi connectivity index (χ1n) is 48.5. The van der Waals surface area contributed by atoms with Crippen molar-refractivity contribution in [3.8, 4) is 11.8 Å². The molecule has 9 atom stereocenters. The number of unbranched alkanes of at least 4 members (excludes halogenated alkanes) is 2. The number of oxazole rings is 1. The first-order chi connectivity index (χ1) is 65.6. The third kappa shape index (κ3) is 18.8.